The number of carbonyl (C=O) groups is 1. The molecule has 1 amide bonds. The van der Waals surface area contributed by atoms with E-state index in [2.05, 4.69) is 5.32 Å². The second-order valence-electron chi connectivity index (χ2n) is 6.73. The van der Waals surface area contributed by atoms with Gasteiger partial charge in [0, 0.05) is 13.6 Å². The smallest absolute Gasteiger partial charge is 0.253 e. The Balaban J connectivity index is 2.17. The summed E-state index contributed by atoms with van der Waals surface area (Å²) in [6.45, 7) is 4.08. The van der Waals surface area contributed by atoms with Gasteiger partial charge in [0.1, 0.15) is 0 Å². The van der Waals surface area contributed by atoms with Crippen molar-refractivity contribution >= 4 is 33.2 Å². The van der Waals surface area contributed by atoms with E-state index in [1.807, 2.05) is 19.9 Å². The van der Waals surface area contributed by atoms with Crippen molar-refractivity contribution in [3.8, 4) is 11.5 Å². The maximum absolute atomic E-state index is 12.6. The first-order valence-electron chi connectivity index (χ1n) is 8.88. The Hall–Kier alpha value is -2.45. The zero-order valence-corrected chi connectivity index (χ0v) is 18.6. The molecule has 0 heterocycles. The number of hydrogen-bond donors (Lipinski definition) is 1. The number of hydrogen-bond acceptors (Lipinski definition) is 5. The maximum atomic E-state index is 12.6. The molecule has 7 nitrogen and oxygen atoms in total. The Labute approximate surface area is 176 Å². The van der Waals surface area contributed by atoms with E-state index in [0.717, 1.165) is 16.1 Å². The lowest BCUT2D eigenvalue weighted by Crippen LogP contribution is -2.26. The Bertz CT molecular complexity index is 992. The lowest BCUT2D eigenvalue weighted by Gasteiger charge is -2.18. The average Bonchev–Trinajstić information content (AvgIpc) is 2.65. The number of rotatable bonds is 8. The summed E-state index contributed by atoms with van der Waals surface area (Å²) in [6, 6.07) is 9.88. The van der Waals surface area contributed by atoms with Crippen LogP contribution in [-0.4, -0.2) is 40.8 Å². The average molecular weight is 441 g/mol. The van der Waals surface area contributed by atoms with Crippen LogP contribution < -0.4 is 19.1 Å². The summed E-state index contributed by atoms with van der Waals surface area (Å²) < 4.78 is 35.6. The van der Waals surface area contributed by atoms with E-state index in [0.29, 0.717) is 17.2 Å². The van der Waals surface area contributed by atoms with Crippen molar-refractivity contribution in [1.29, 1.82) is 0 Å². The molecule has 0 atom stereocenters. The third-order valence-electron chi connectivity index (χ3n) is 4.10. The molecule has 0 aliphatic rings. The van der Waals surface area contributed by atoms with E-state index < -0.39 is 15.9 Å². The van der Waals surface area contributed by atoms with Gasteiger partial charge in [0.2, 0.25) is 10.0 Å². The molecular formula is C20H25ClN2O5S. The number of ether oxygens (including phenoxy) is 2. The topological polar surface area (TPSA) is 84.9 Å². The Kier molecular flexibility index (Phi) is 7.37. The van der Waals surface area contributed by atoms with Crippen LogP contribution in [0.4, 0.5) is 5.69 Å². The number of benzene rings is 2. The molecule has 29 heavy (non-hydrogen) atoms. The van der Waals surface area contributed by atoms with Gasteiger partial charge < -0.3 is 14.8 Å². The van der Waals surface area contributed by atoms with Crippen LogP contribution in [0.15, 0.2) is 36.4 Å². The van der Waals surface area contributed by atoms with E-state index >= 15 is 0 Å². The van der Waals surface area contributed by atoms with Crippen LogP contribution in [0.2, 0.25) is 5.02 Å². The lowest BCUT2D eigenvalue weighted by atomic mass is 10.1. The highest BCUT2D eigenvalue weighted by atomic mass is 35.5. The molecule has 2 rings (SSSR count). The molecule has 0 radical (unpaired) electrons. The van der Waals surface area contributed by atoms with Crippen LogP contribution >= 0.6 is 11.6 Å². The number of sulfonamides is 1. The van der Waals surface area contributed by atoms with Crippen LogP contribution in [-0.2, 0) is 16.6 Å². The van der Waals surface area contributed by atoms with Gasteiger partial charge in [-0.05, 0) is 49.7 Å². The van der Waals surface area contributed by atoms with Gasteiger partial charge in [0.25, 0.3) is 5.91 Å². The SMILES string of the molecule is COc1cc(CNC(=O)c2cc(N(C)S(C)(=O)=O)ccc2Cl)ccc1OC(C)C. The minimum absolute atomic E-state index is 0.00828. The van der Waals surface area contributed by atoms with Crippen LogP contribution in [0.5, 0.6) is 11.5 Å². The minimum atomic E-state index is -3.45. The van der Waals surface area contributed by atoms with E-state index in [4.69, 9.17) is 21.1 Å². The van der Waals surface area contributed by atoms with Crippen molar-refractivity contribution in [2.75, 3.05) is 24.7 Å². The molecule has 0 saturated heterocycles. The first kappa shape index (κ1) is 22.8. The number of amides is 1. The normalized spacial score (nSPS) is 11.3. The van der Waals surface area contributed by atoms with Gasteiger partial charge in [0.15, 0.2) is 11.5 Å². The molecular weight excluding hydrogens is 416 g/mol. The number of halogens is 1. The minimum Gasteiger partial charge on any atom is -0.493 e. The summed E-state index contributed by atoms with van der Waals surface area (Å²) in [7, 11) is -0.494. The standard InChI is InChI=1S/C20H25ClN2O5S/c1-13(2)28-18-9-6-14(10-19(18)27-4)12-22-20(24)16-11-15(7-8-17(16)21)23(3)29(5,25)26/h6-11,13H,12H2,1-5H3,(H,22,24). The van der Waals surface area contributed by atoms with E-state index in [1.165, 1.54) is 19.2 Å². The summed E-state index contributed by atoms with van der Waals surface area (Å²) in [6.07, 6.45) is 1.09. The zero-order chi connectivity index (χ0) is 21.8. The van der Waals surface area contributed by atoms with Gasteiger partial charge in [0.05, 0.1) is 35.7 Å². The Morgan fingerprint density at radius 3 is 2.45 bits per heavy atom. The molecule has 0 saturated carbocycles. The maximum Gasteiger partial charge on any atom is 0.253 e. The fraction of sp³-hybridized carbons (Fsp3) is 0.350. The fourth-order valence-electron chi connectivity index (χ4n) is 2.53. The van der Waals surface area contributed by atoms with E-state index in [-0.39, 0.29) is 23.2 Å². The molecule has 0 unspecified atom stereocenters. The second kappa shape index (κ2) is 9.37. The largest absolute Gasteiger partial charge is 0.493 e. The molecule has 0 aliphatic heterocycles. The summed E-state index contributed by atoms with van der Waals surface area (Å²) in [5.41, 5.74) is 1.34. The summed E-state index contributed by atoms with van der Waals surface area (Å²) in [5, 5.41) is 3.01. The van der Waals surface area contributed by atoms with E-state index in [1.54, 1.807) is 25.3 Å². The van der Waals surface area contributed by atoms with E-state index in [9.17, 15) is 13.2 Å². The van der Waals surface area contributed by atoms with Crippen molar-refractivity contribution in [2.45, 2.75) is 26.5 Å². The van der Waals surface area contributed by atoms with Gasteiger partial charge in [-0.25, -0.2) is 8.42 Å². The number of anilines is 1. The predicted octanol–water partition coefficient (Wildman–Crippen LogP) is 3.46. The van der Waals surface area contributed by atoms with Gasteiger partial charge in [-0.2, -0.15) is 0 Å². The molecule has 2 aromatic carbocycles. The highest BCUT2D eigenvalue weighted by Gasteiger charge is 2.17. The molecule has 9 heteroatoms. The van der Waals surface area contributed by atoms with Crippen molar-refractivity contribution in [2.24, 2.45) is 0 Å². The van der Waals surface area contributed by atoms with Gasteiger partial charge >= 0.3 is 0 Å². The first-order valence-corrected chi connectivity index (χ1v) is 11.1. The number of carbonyl (C=O) groups excluding carboxylic acids is 1. The van der Waals surface area contributed by atoms with Crippen LogP contribution in [0.3, 0.4) is 0 Å². The molecule has 0 aromatic heterocycles. The highest BCUT2D eigenvalue weighted by Crippen LogP contribution is 2.29. The molecule has 1 N–H and O–H groups in total. The van der Waals surface area contributed by atoms with Crippen LogP contribution in [0.25, 0.3) is 0 Å². The molecule has 2 aromatic rings. The van der Waals surface area contributed by atoms with Crippen molar-refractivity contribution in [1.82, 2.24) is 5.32 Å². The number of nitrogens with zero attached hydrogens (tertiary/aromatic N) is 1. The third kappa shape index (κ3) is 6.01. The number of nitrogens with one attached hydrogen (secondary N) is 1. The van der Waals surface area contributed by atoms with Gasteiger partial charge in [-0.3, -0.25) is 9.10 Å². The predicted molar refractivity (Wildman–Crippen MR) is 115 cm³/mol. The fourth-order valence-corrected chi connectivity index (χ4v) is 3.23. The molecule has 0 spiro atoms. The van der Waals surface area contributed by atoms with Gasteiger partial charge in [-0.15, -0.1) is 0 Å². The summed E-state index contributed by atoms with van der Waals surface area (Å²) in [5.74, 6) is 0.776. The molecule has 0 aliphatic carbocycles. The van der Waals surface area contributed by atoms with Crippen molar-refractivity contribution < 1.29 is 22.7 Å². The highest BCUT2D eigenvalue weighted by molar-refractivity contribution is 7.92. The summed E-state index contributed by atoms with van der Waals surface area (Å²) >= 11 is 6.14. The van der Waals surface area contributed by atoms with Gasteiger partial charge in [-0.1, -0.05) is 17.7 Å². The molecule has 0 fully saturated rings. The Morgan fingerprint density at radius 2 is 1.86 bits per heavy atom. The van der Waals surface area contributed by atoms with Crippen molar-refractivity contribution in [3.05, 3.63) is 52.5 Å². The monoisotopic (exact) mass is 440 g/mol. The second-order valence-corrected chi connectivity index (χ2v) is 9.15. The Morgan fingerprint density at radius 1 is 1.17 bits per heavy atom. The number of methoxy groups -OCH3 is 1. The first-order chi connectivity index (χ1) is 13.5. The van der Waals surface area contributed by atoms with Crippen LogP contribution in [0, 0.1) is 0 Å². The molecule has 0 bridgehead atoms. The van der Waals surface area contributed by atoms with Crippen molar-refractivity contribution in [3.63, 3.8) is 0 Å². The third-order valence-corrected chi connectivity index (χ3v) is 5.63. The summed E-state index contributed by atoms with van der Waals surface area (Å²) in [4.78, 5) is 12.6. The molecule has 158 valence electrons. The quantitative estimate of drug-likeness (QED) is 0.679. The lowest BCUT2D eigenvalue weighted by molar-refractivity contribution is 0.0951. The van der Waals surface area contributed by atoms with Crippen LogP contribution in [0.1, 0.15) is 29.8 Å². The zero-order valence-electron chi connectivity index (χ0n) is 17.0.